The molecule has 8 nitrogen and oxygen atoms in total. The third-order valence-corrected chi connectivity index (χ3v) is 6.51. The molecule has 0 fully saturated rings. The maximum Gasteiger partial charge on any atom is 0.253 e. The summed E-state index contributed by atoms with van der Waals surface area (Å²) in [4.78, 5) is 17.4. The van der Waals surface area contributed by atoms with E-state index in [1.807, 2.05) is 67.1 Å². The zero-order valence-corrected chi connectivity index (χ0v) is 19.1. The number of thioether (sulfide) groups is 1. The molecular weight excluding hydrogens is 436 g/mol. The molecule has 0 spiro atoms. The summed E-state index contributed by atoms with van der Waals surface area (Å²) in [7, 11) is 1.88. The minimum atomic E-state index is -0.269. The summed E-state index contributed by atoms with van der Waals surface area (Å²) in [5, 5.41) is 15.4. The lowest BCUT2D eigenvalue weighted by atomic mass is 10.0. The third kappa shape index (κ3) is 4.31. The second-order valence-corrected chi connectivity index (χ2v) is 8.72. The molecule has 3 aromatic heterocycles. The van der Waals surface area contributed by atoms with Crippen molar-refractivity contribution < 1.29 is 9.21 Å². The van der Waals surface area contributed by atoms with Gasteiger partial charge in [-0.05, 0) is 36.8 Å². The van der Waals surface area contributed by atoms with E-state index >= 15 is 0 Å². The molecule has 0 unspecified atom stereocenters. The number of aryl methyl sites for hydroxylation is 1. The first kappa shape index (κ1) is 21.1. The van der Waals surface area contributed by atoms with Crippen LogP contribution in [-0.2, 0) is 11.8 Å². The molecule has 0 radical (unpaired) electrons. The second kappa shape index (κ2) is 9.03. The van der Waals surface area contributed by atoms with Gasteiger partial charge in [-0.25, -0.2) is 5.01 Å². The fourth-order valence-electron chi connectivity index (χ4n) is 3.74. The highest BCUT2D eigenvalue weighted by Crippen LogP contribution is 2.34. The van der Waals surface area contributed by atoms with Gasteiger partial charge in [-0.3, -0.25) is 9.78 Å². The molecule has 0 aliphatic carbocycles. The van der Waals surface area contributed by atoms with Gasteiger partial charge in [-0.2, -0.15) is 5.10 Å². The van der Waals surface area contributed by atoms with Crippen LogP contribution < -0.4 is 0 Å². The van der Waals surface area contributed by atoms with Crippen LogP contribution in [-0.4, -0.2) is 42.1 Å². The number of carbonyl (C=O) groups is 1. The molecule has 0 N–H and O–H groups in total. The summed E-state index contributed by atoms with van der Waals surface area (Å²) < 4.78 is 7.49. The van der Waals surface area contributed by atoms with E-state index in [1.165, 1.54) is 17.3 Å². The number of amides is 1. The molecule has 1 atom stereocenters. The summed E-state index contributed by atoms with van der Waals surface area (Å²) in [6.07, 6.45) is 5.67. The number of aromatic nitrogens is 4. The second-order valence-electron chi connectivity index (χ2n) is 7.78. The molecule has 1 aliphatic rings. The predicted molar refractivity (Wildman–Crippen MR) is 126 cm³/mol. The molecule has 9 heteroatoms. The zero-order chi connectivity index (χ0) is 22.8. The third-order valence-electron chi connectivity index (χ3n) is 5.50. The summed E-state index contributed by atoms with van der Waals surface area (Å²) in [6, 6.07) is 15.4. The lowest BCUT2D eigenvalue weighted by Gasteiger charge is -2.19. The Balaban J connectivity index is 1.35. The van der Waals surface area contributed by atoms with Gasteiger partial charge in [-0.1, -0.05) is 41.6 Å². The molecule has 0 saturated carbocycles. The zero-order valence-electron chi connectivity index (χ0n) is 18.3. The molecule has 1 aromatic carbocycles. The summed E-state index contributed by atoms with van der Waals surface area (Å²) in [6.45, 7) is 2.05. The van der Waals surface area contributed by atoms with Crippen molar-refractivity contribution in [3.63, 3.8) is 0 Å². The van der Waals surface area contributed by atoms with Gasteiger partial charge in [0.05, 0.1) is 17.7 Å². The molecule has 1 aliphatic heterocycles. The Morgan fingerprint density at radius 1 is 1.12 bits per heavy atom. The van der Waals surface area contributed by atoms with Crippen LogP contribution >= 0.6 is 11.8 Å². The molecule has 0 bridgehead atoms. The SMILES string of the molecule is Cc1ccc(C2=NN(C(=O)CSc3nnc(-c4cccnc4)n3C)[C@H](c3ccco3)C2)cc1. The number of carbonyl (C=O) groups excluding carboxylic acids is 1. The molecule has 1 amide bonds. The van der Waals surface area contributed by atoms with Gasteiger partial charge < -0.3 is 8.98 Å². The van der Waals surface area contributed by atoms with Crippen LogP contribution in [0.1, 0.15) is 29.3 Å². The van der Waals surface area contributed by atoms with Gasteiger partial charge in [0.25, 0.3) is 5.91 Å². The van der Waals surface area contributed by atoms with Crippen LogP contribution in [0.5, 0.6) is 0 Å². The smallest absolute Gasteiger partial charge is 0.253 e. The fourth-order valence-corrected chi connectivity index (χ4v) is 4.51. The standard InChI is InChI=1S/C24H22N6O2S/c1-16-7-9-17(10-8-16)19-13-20(21-6-4-12-32-21)30(28-19)22(31)15-33-24-27-26-23(29(24)2)18-5-3-11-25-14-18/h3-12,14,20H,13,15H2,1-2H3/t20-/m0/s1. The highest BCUT2D eigenvalue weighted by Gasteiger charge is 2.35. The van der Waals surface area contributed by atoms with E-state index in [0.29, 0.717) is 17.4 Å². The van der Waals surface area contributed by atoms with Crippen molar-refractivity contribution >= 4 is 23.4 Å². The Kier molecular flexibility index (Phi) is 5.78. The number of benzene rings is 1. The molecule has 4 heterocycles. The van der Waals surface area contributed by atoms with Gasteiger partial charge in [0.15, 0.2) is 11.0 Å². The predicted octanol–water partition coefficient (Wildman–Crippen LogP) is 4.25. The first-order chi connectivity index (χ1) is 16.1. The normalized spacial score (nSPS) is 15.6. The van der Waals surface area contributed by atoms with E-state index in [9.17, 15) is 4.79 Å². The molecule has 166 valence electrons. The average Bonchev–Trinajstić information content (AvgIpc) is 3.59. The van der Waals surface area contributed by atoms with Crippen LogP contribution in [0.4, 0.5) is 0 Å². The number of furan rings is 1. The maximum atomic E-state index is 13.2. The van der Waals surface area contributed by atoms with Crippen molar-refractivity contribution in [3.05, 3.63) is 84.1 Å². The molecule has 0 saturated heterocycles. The minimum Gasteiger partial charge on any atom is -0.467 e. The van der Waals surface area contributed by atoms with Gasteiger partial charge in [0.1, 0.15) is 11.8 Å². The van der Waals surface area contributed by atoms with E-state index in [2.05, 4.69) is 20.3 Å². The topological polar surface area (TPSA) is 89.4 Å². The monoisotopic (exact) mass is 458 g/mol. The number of pyridine rings is 1. The Morgan fingerprint density at radius 2 is 1.97 bits per heavy atom. The number of hydrogen-bond donors (Lipinski definition) is 0. The Bertz CT molecular complexity index is 1280. The van der Waals surface area contributed by atoms with Crippen LogP contribution in [0.15, 0.2) is 81.9 Å². The Morgan fingerprint density at radius 3 is 2.70 bits per heavy atom. The summed E-state index contributed by atoms with van der Waals surface area (Å²) in [5.41, 5.74) is 3.93. The molecule has 33 heavy (non-hydrogen) atoms. The first-order valence-corrected chi connectivity index (χ1v) is 11.5. The minimum absolute atomic E-state index is 0.116. The van der Waals surface area contributed by atoms with Crippen LogP contribution in [0, 0.1) is 6.92 Å². The summed E-state index contributed by atoms with van der Waals surface area (Å²) >= 11 is 1.33. The number of rotatable bonds is 6. The van der Waals surface area contributed by atoms with Crippen molar-refractivity contribution in [1.29, 1.82) is 0 Å². The highest BCUT2D eigenvalue weighted by atomic mass is 32.2. The largest absolute Gasteiger partial charge is 0.467 e. The lowest BCUT2D eigenvalue weighted by molar-refractivity contribution is -0.130. The van der Waals surface area contributed by atoms with Crippen LogP contribution in [0.25, 0.3) is 11.4 Å². The molecular formula is C24H22N6O2S. The highest BCUT2D eigenvalue weighted by molar-refractivity contribution is 7.99. The van der Waals surface area contributed by atoms with Crippen molar-refractivity contribution in [3.8, 4) is 11.4 Å². The van der Waals surface area contributed by atoms with E-state index in [0.717, 1.165) is 22.6 Å². The van der Waals surface area contributed by atoms with E-state index < -0.39 is 0 Å². The maximum absolute atomic E-state index is 13.2. The molecule has 5 rings (SSSR count). The van der Waals surface area contributed by atoms with Crippen molar-refractivity contribution in [1.82, 2.24) is 24.8 Å². The Labute approximate surface area is 195 Å². The summed E-state index contributed by atoms with van der Waals surface area (Å²) in [5.74, 6) is 1.49. The fraction of sp³-hybridized carbons (Fsp3) is 0.208. The van der Waals surface area contributed by atoms with Crippen molar-refractivity contribution in [2.24, 2.45) is 12.1 Å². The van der Waals surface area contributed by atoms with Gasteiger partial charge in [0.2, 0.25) is 0 Å². The molecule has 4 aromatic rings. The first-order valence-electron chi connectivity index (χ1n) is 10.5. The lowest BCUT2D eigenvalue weighted by Crippen LogP contribution is -2.28. The average molecular weight is 459 g/mol. The van der Waals surface area contributed by atoms with Crippen molar-refractivity contribution in [2.45, 2.75) is 24.5 Å². The number of hydrogen-bond acceptors (Lipinski definition) is 7. The van der Waals surface area contributed by atoms with E-state index in [-0.39, 0.29) is 17.7 Å². The van der Waals surface area contributed by atoms with E-state index in [4.69, 9.17) is 4.42 Å². The van der Waals surface area contributed by atoms with Gasteiger partial charge in [0, 0.05) is 31.4 Å². The van der Waals surface area contributed by atoms with Crippen LogP contribution in [0.2, 0.25) is 0 Å². The van der Waals surface area contributed by atoms with Crippen molar-refractivity contribution in [2.75, 3.05) is 5.75 Å². The van der Waals surface area contributed by atoms with E-state index in [1.54, 1.807) is 23.7 Å². The number of nitrogens with zero attached hydrogens (tertiary/aromatic N) is 6. The van der Waals surface area contributed by atoms with Gasteiger partial charge >= 0.3 is 0 Å². The quantitative estimate of drug-likeness (QED) is 0.401. The van der Waals surface area contributed by atoms with Crippen LogP contribution in [0.3, 0.4) is 0 Å². The Hall–Kier alpha value is -3.72. The number of hydrazone groups is 1. The van der Waals surface area contributed by atoms with Gasteiger partial charge in [-0.15, -0.1) is 10.2 Å².